The predicted octanol–water partition coefficient (Wildman–Crippen LogP) is 5.38. The Labute approximate surface area is 176 Å². The largest absolute Gasteiger partial charge is 0.489 e. The van der Waals surface area contributed by atoms with Crippen molar-refractivity contribution in [2.24, 2.45) is 0 Å². The van der Waals surface area contributed by atoms with Gasteiger partial charge in [-0.1, -0.05) is 24.3 Å². The number of fused-ring (bicyclic) bond motifs is 1. The summed E-state index contributed by atoms with van der Waals surface area (Å²) in [5.74, 6) is 0.655. The maximum atomic E-state index is 15.0. The van der Waals surface area contributed by atoms with Crippen LogP contribution in [0.15, 0.2) is 48.3 Å². The van der Waals surface area contributed by atoms with Crippen molar-refractivity contribution in [2.75, 3.05) is 26.3 Å². The topological polar surface area (TPSA) is 29.5 Å². The minimum atomic E-state index is -0.282. The Bertz CT molecular complexity index is 923. The normalized spacial score (nSPS) is 19.5. The summed E-state index contributed by atoms with van der Waals surface area (Å²) in [7, 11) is 0. The third-order valence-corrected chi connectivity index (χ3v) is 5.93. The van der Waals surface area contributed by atoms with Gasteiger partial charge in [-0.25, -0.2) is 4.39 Å². The van der Waals surface area contributed by atoms with Crippen LogP contribution in [0.5, 0.6) is 5.75 Å². The number of aldehydes is 1. The van der Waals surface area contributed by atoms with Crippen LogP contribution in [0.25, 0.3) is 5.57 Å². The average Bonchev–Trinajstić information content (AvgIpc) is 3.14. The minimum absolute atomic E-state index is 0.104. The number of halogens is 2. The summed E-state index contributed by atoms with van der Waals surface area (Å²) in [5.41, 5.74) is 3.93. The zero-order valence-electron chi connectivity index (χ0n) is 17.1. The summed E-state index contributed by atoms with van der Waals surface area (Å²) in [6, 6.07) is 13.1. The van der Waals surface area contributed by atoms with E-state index in [1.165, 1.54) is 0 Å². The van der Waals surface area contributed by atoms with Gasteiger partial charge in [0.05, 0.1) is 6.67 Å². The molecule has 1 atom stereocenters. The monoisotopic (exact) mass is 411 g/mol. The zero-order valence-corrected chi connectivity index (χ0v) is 17.1. The molecular weight excluding hydrogens is 384 g/mol. The van der Waals surface area contributed by atoms with Gasteiger partial charge in [0.15, 0.2) is 0 Å². The molecular formula is C25H27F2NO2. The fourth-order valence-corrected chi connectivity index (χ4v) is 4.43. The van der Waals surface area contributed by atoms with Gasteiger partial charge >= 0.3 is 0 Å². The molecule has 2 aromatic carbocycles. The van der Waals surface area contributed by atoms with Crippen molar-refractivity contribution in [1.29, 1.82) is 0 Å². The number of hydrogen-bond donors (Lipinski definition) is 0. The van der Waals surface area contributed by atoms with E-state index in [1.807, 2.05) is 36.4 Å². The third-order valence-electron chi connectivity index (χ3n) is 5.93. The van der Waals surface area contributed by atoms with E-state index in [4.69, 9.17) is 4.74 Å². The fraction of sp³-hybridized carbons (Fsp3) is 0.400. The van der Waals surface area contributed by atoms with Crippen molar-refractivity contribution in [1.82, 2.24) is 4.90 Å². The van der Waals surface area contributed by atoms with Crippen LogP contribution in [0.2, 0.25) is 0 Å². The first-order valence-electron chi connectivity index (χ1n) is 10.7. The number of alkyl halides is 1. The summed E-state index contributed by atoms with van der Waals surface area (Å²) in [6.45, 7) is 2.23. The summed E-state index contributed by atoms with van der Waals surface area (Å²) in [5, 5.41) is 0. The van der Waals surface area contributed by atoms with Crippen LogP contribution in [0.1, 0.15) is 52.7 Å². The smallest absolute Gasteiger partial charge is 0.150 e. The standard InChI is InChI=1S/C25H27F2NO2/c26-12-2-13-28-14-11-22(16-28)30-21-8-6-19(7-9-21)25-23-10-5-18(17-29)15-20(23)3-1-4-24(25)27/h5-10,15,17,22H,1-4,11-14,16H2. The maximum Gasteiger partial charge on any atom is 0.150 e. The van der Waals surface area contributed by atoms with Crippen LogP contribution < -0.4 is 4.74 Å². The van der Waals surface area contributed by atoms with Gasteiger partial charge in [0.2, 0.25) is 0 Å². The number of aryl methyl sites for hydroxylation is 1. The van der Waals surface area contributed by atoms with Crippen molar-refractivity contribution < 1.29 is 18.3 Å². The van der Waals surface area contributed by atoms with E-state index in [2.05, 4.69) is 4.90 Å². The Balaban J connectivity index is 1.51. The molecule has 1 saturated heterocycles. The molecule has 2 aliphatic rings. The molecule has 2 aromatic rings. The molecule has 0 bridgehead atoms. The number of hydrogen-bond acceptors (Lipinski definition) is 3. The molecule has 0 N–H and O–H groups in total. The number of rotatable bonds is 7. The van der Waals surface area contributed by atoms with Crippen LogP contribution in [-0.4, -0.2) is 43.6 Å². The van der Waals surface area contributed by atoms with Crippen molar-refractivity contribution in [3.8, 4) is 5.75 Å². The summed E-state index contributed by atoms with van der Waals surface area (Å²) < 4.78 is 33.4. The highest BCUT2D eigenvalue weighted by Gasteiger charge is 2.24. The Kier molecular flexibility index (Phi) is 6.58. The number of carbonyl (C=O) groups excluding carboxylic acids is 1. The van der Waals surface area contributed by atoms with Crippen LogP contribution in [0, 0.1) is 0 Å². The summed E-state index contributed by atoms with van der Waals surface area (Å²) in [6.07, 6.45) is 4.32. The van der Waals surface area contributed by atoms with E-state index in [0.717, 1.165) is 67.6 Å². The quantitative estimate of drug-likeness (QED) is 0.573. The highest BCUT2D eigenvalue weighted by atomic mass is 19.1. The molecule has 0 aromatic heterocycles. The molecule has 0 amide bonds. The zero-order chi connectivity index (χ0) is 20.9. The number of benzene rings is 2. The van der Waals surface area contributed by atoms with E-state index in [9.17, 15) is 13.6 Å². The molecule has 5 heteroatoms. The van der Waals surface area contributed by atoms with E-state index in [1.54, 1.807) is 6.07 Å². The van der Waals surface area contributed by atoms with Gasteiger partial charge in [0.25, 0.3) is 0 Å². The van der Waals surface area contributed by atoms with Gasteiger partial charge in [0.1, 0.15) is 24.0 Å². The Morgan fingerprint density at radius 2 is 1.97 bits per heavy atom. The molecule has 158 valence electrons. The first kappa shape index (κ1) is 20.7. The Hall–Kier alpha value is -2.53. The number of ether oxygens (including phenoxy) is 1. The van der Waals surface area contributed by atoms with Crippen molar-refractivity contribution in [2.45, 2.75) is 38.2 Å². The van der Waals surface area contributed by atoms with Gasteiger partial charge in [-0.3, -0.25) is 14.1 Å². The van der Waals surface area contributed by atoms with E-state index in [-0.39, 0.29) is 18.6 Å². The van der Waals surface area contributed by atoms with Gasteiger partial charge in [-0.05, 0) is 60.6 Å². The minimum Gasteiger partial charge on any atom is -0.489 e. The van der Waals surface area contributed by atoms with Crippen molar-refractivity contribution >= 4 is 11.9 Å². The molecule has 3 nitrogen and oxygen atoms in total. The molecule has 0 radical (unpaired) electrons. The van der Waals surface area contributed by atoms with E-state index >= 15 is 0 Å². The Morgan fingerprint density at radius 1 is 1.13 bits per heavy atom. The van der Waals surface area contributed by atoms with Crippen molar-refractivity contribution in [3.63, 3.8) is 0 Å². The SMILES string of the molecule is O=Cc1ccc2c(c1)CCCC(F)=C2c1ccc(OC2CCN(CCCF)C2)cc1. The van der Waals surface area contributed by atoms with Crippen molar-refractivity contribution in [3.05, 3.63) is 70.5 Å². The van der Waals surface area contributed by atoms with Crippen LogP contribution in [0.4, 0.5) is 8.78 Å². The number of likely N-dealkylation sites (tertiary alicyclic amines) is 1. The first-order chi connectivity index (χ1) is 14.7. The molecule has 1 unspecified atom stereocenters. The van der Waals surface area contributed by atoms with E-state index < -0.39 is 0 Å². The lowest BCUT2D eigenvalue weighted by Crippen LogP contribution is -2.26. The number of carbonyl (C=O) groups is 1. The molecule has 1 fully saturated rings. The highest BCUT2D eigenvalue weighted by Crippen LogP contribution is 2.36. The summed E-state index contributed by atoms with van der Waals surface area (Å²) in [4.78, 5) is 13.4. The van der Waals surface area contributed by atoms with Crippen LogP contribution in [-0.2, 0) is 6.42 Å². The lowest BCUT2D eigenvalue weighted by atomic mass is 9.92. The molecule has 0 spiro atoms. The molecule has 4 rings (SSSR count). The third kappa shape index (κ3) is 4.62. The number of allylic oxidation sites excluding steroid dienone is 1. The van der Waals surface area contributed by atoms with Gasteiger partial charge in [-0.15, -0.1) is 0 Å². The lowest BCUT2D eigenvalue weighted by molar-refractivity contribution is 0.112. The predicted molar refractivity (Wildman–Crippen MR) is 114 cm³/mol. The molecule has 1 aliphatic heterocycles. The molecule has 1 aliphatic carbocycles. The van der Waals surface area contributed by atoms with Gasteiger partial charge in [0, 0.05) is 37.2 Å². The first-order valence-corrected chi connectivity index (χ1v) is 10.7. The average molecular weight is 411 g/mol. The summed E-state index contributed by atoms with van der Waals surface area (Å²) >= 11 is 0. The molecule has 0 saturated carbocycles. The van der Waals surface area contributed by atoms with E-state index in [0.29, 0.717) is 24.0 Å². The van der Waals surface area contributed by atoms with Crippen LogP contribution in [0.3, 0.4) is 0 Å². The highest BCUT2D eigenvalue weighted by molar-refractivity contribution is 5.85. The maximum absolute atomic E-state index is 15.0. The van der Waals surface area contributed by atoms with Gasteiger partial charge < -0.3 is 4.74 Å². The fourth-order valence-electron chi connectivity index (χ4n) is 4.43. The number of nitrogens with zero attached hydrogens (tertiary/aromatic N) is 1. The second-order valence-electron chi connectivity index (χ2n) is 8.06. The van der Waals surface area contributed by atoms with Crippen LogP contribution >= 0.6 is 0 Å². The second-order valence-corrected chi connectivity index (χ2v) is 8.06. The van der Waals surface area contributed by atoms with Gasteiger partial charge in [-0.2, -0.15) is 0 Å². The molecule has 30 heavy (non-hydrogen) atoms. The Morgan fingerprint density at radius 3 is 2.73 bits per heavy atom. The lowest BCUT2D eigenvalue weighted by Gasteiger charge is -2.17. The second kappa shape index (κ2) is 9.52. The molecule has 1 heterocycles.